The number of aliphatic hydroxyl groups is 1. The second-order valence-corrected chi connectivity index (χ2v) is 4.57. The van der Waals surface area contributed by atoms with E-state index < -0.39 is 14.1 Å². The van der Waals surface area contributed by atoms with Crippen LogP contribution in [-0.4, -0.2) is 47.5 Å². The Bertz CT molecular complexity index is 239. The average molecular weight is 240 g/mol. The van der Waals surface area contributed by atoms with E-state index in [2.05, 4.69) is 9.84 Å². The number of hydroxylamine groups is 2. The number of β-amino-alcohol motifs (C(OH)–C–C–N with tert-alkyl or cyclic N) is 1. The third-order valence-electron chi connectivity index (χ3n) is 1.83. The lowest BCUT2D eigenvalue weighted by atomic mass is 10.4. The molecule has 1 aliphatic heterocycles. The van der Waals surface area contributed by atoms with Crippen LogP contribution < -0.4 is 5.32 Å². The summed E-state index contributed by atoms with van der Waals surface area (Å²) in [6.45, 7) is 3.19. The summed E-state index contributed by atoms with van der Waals surface area (Å²) >= 11 is 0. The normalized spacial score (nSPS) is 27.5. The van der Waals surface area contributed by atoms with Crippen molar-refractivity contribution in [2.75, 3.05) is 26.2 Å². The standard InChI is InChI=1S/C7H17N2O5P/c1-2-5-13-15(11,12)14-9-4-3-8-6-7(9)10/h7-8,10H,2-6H2,1H3,(H,11,12). The molecule has 1 saturated heterocycles. The molecule has 0 bridgehead atoms. The highest BCUT2D eigenvalue weighted by Crippen LogP contribution is 2.44. The quantitative estimate of drug-likeness (QED) is 0.566. The molecule has 15 heavy (non-hydrogen) atoms. The highest BCUT2D eigenvalue weighted by molar-refractivity contribution is 7.47. The van der Waals surface area contributed by atoms with E-state index in [-0.39, 0.29) is 6.61 Å². The van der Waals surface area contributed by atoms with Crippen LogP contribution in [-0.2, 0) is 13.7 Å². The summed E-state index contributed by atoms with van der Waals surface area (Å²) in [7, 11) is -4.08. The second kappa shape index (κ2) is 5.91. The zero-order valence-electron chi connectivity index (χ0n) is 8.63. The van der Waals surface area contributed by atoms with E-state index in [0.29, 0.717) is 26.1 Å². The molecule has 2 unspecified atom stereocenters. The van der Waals surface area contributed by atoms with Gasteiger partial charge in [0.25, 0.3) is 0 Å². The number of phosphoric ester groups is 1. The van der Waals surface area contributed by atoms with E-state index in [1.165, 1.54) is 0 Å². The molecule has 1 aliphatic rings. The summed E-state index contributed by atoms with van der Waals surface area (Å²) in [5.41, 5.74) is 0. The molecule has 0 saturated carbocycles. The summed E-state index contributed by atoms with van der Waals surface area (Å²) in [5.74, 6) is 0. The lowest BCUT2D eigenvalue weighted by Gasteiger charge is -2.31. The fraction of sp³-hybridized carbons (Fsp3) is 1.00. The number of nitrogens with zero attached hydrogens (tertiary/aromatic N) is 1. The third-order valence-corrected chi connectivity index (χ3v) is 2.76. The first-order valence-electron chi connectivity index (χ1n) is 4.87. The maximum absolute atomic E-state index is 11.3. The molecular formula is C7H17N2O5P. The van der Waals surface area contributed by atoms with Gasteiger partial charge >= 0.3 is 7.82 Å². The fourth-order valence-electron chi connectivity index (χ4n) is 1.13. The van der Waals surface area contributed by atoms with E-state index in [0.717, 1.165) is 5.06 Å². The van der Waals surface area contributed by atoms with Crippen LogP contribution in [0, 0.1) is 0 Å². The van der Waals surface area contributed by atoms with Crippen molar-refractivity contribution in [3.05, 3.63) is 0 Å². The molecule has 0 radical (unpaired) electrons. The van der Waals surface area contributed by atoms with Crippen LogP contribution in [0.4, 0.5) is 0 Å². The Morgan fingerprint density at radius 3 is 3.00 bits per heavy atom. The molecule has 0 aromatic rings. The van der Waals surface area contributed by atoms with Gasteiger partial charge in [-0.2, -0.15) is 4.62 Å². The second-order valence-electron chi connectivity index (χ2n) is 3.21. The summed E-state index contributed by atoms with van der Waals surface area (Å²) < 4.78 is 20.7. The molecule has 90 valence electrons. The van der Waals surface area contributed by atoms with Crippen LogP contribution in [0.15, 0.2) is 0 Å². The SMILES string of the molecule is CCCOP(=O)(O)ON1CCNCC1O. The Morgan fingerprint density at radius 2 is 2.40 bits per heavy atom. The minimum absolute atomic E-state index is 0.149. The number of rotatable bonds is 5. The molecule has 1 fully saturated rings. The number of aliphatic hydroxyl groups excluding tert-OH is 1. The Morgan fingerprint density at radius 1 is 1.67 bits per heavy atom. The first-order valence-corrected chi connectivity index (χ1v) is 6.37. The van der Waals surface area contributed by atoms with Gasteiger partial charge in [-0.1, -0.05) is 6.92 Å². The lowest BCUT2D eigenvalue weighted by molar-refractivity contribution is -0.192. The highest BCUT2D eigenvalue weighted by Gasteiger charge is 2.30. The van der Waals surface area contributed by atoms with Gasteiger partial charge in [0.15, 0.2) is 0 Å². The predicted octanol–water partition coefficient (Wildman–Crippen LogP) is -0.331. The van der Waals surface area contributed by atoms with Gasteiger partial charge in [0, 0.05) is 19.6 Å². The summed E-state index contributed by atoms with van der Waals surface area (Å²) in [5, 5.41) is 13.4. The Hall–Kier alpha value is -0.0100. The zero-order valence-corrected chi connectivity index (χ0v) is 9.52. The van der Waals surface area contributed by atoms with Gasteiger partial charge in [0.1, 0.15) is 6.23 Å². The Balaban J connectivity index is 2.40. The van der Waals surface area contributed by atoms with Crippen LogP contribution in [0.3, 0.4) is 0 Å². The number of hydrogen-bond donors (Lipinski definition) is 3. The van der Waals surface area contributed by atoms with Crippen LogP contribution >= 0.6 is 7.82 Å². The van der Waals surface area contributed by atoms with Gasteiger partial charge < -0.3 is 15.3 Å². The van der Waals surface area contributed by atoms with E-state index in [9.17, 15) is 14.6 Å². The van der Waals surface area contributed by atoms with Crippen molar-refractivity contribution in [3.63, 3.8) is 0 Å². The van der Waals surface area contributed by atoms with Crippen molar-refractivity contribution in [2.24, 2.45) is 0 Å². The molecule has 2 atom stereocenters. The van der Waals surface area contributed by atoms with E-state index >= 15 is 0 Å². The molecule has 3 N–H and O–H groups in total. The van der Waals surface area contributed by atoms with Gasteiger partial charge in [-0.25, -0.2) is 4.57 Å². The van der Waals surface area contributed by atoms with Crippen LogP contribution in [0.5, 0.6) is 0 Å². The maximum Gasteiger partial charge on any atom is 0.489 e. The smallest absolute Gasteiger partial charge is 0.375 e. The number of hydrogen-bond acceptors (Lipinski definition) is 6. The van der Waals surface area contributed by atoms with E-state index in [1.807, 2.05) is 6.92 Å². The van der Waals surface area contributed by atoms with E-state index in [1.54, 1.807) is 0 Å². The topological polar surface area (TPSA) is 91.3 Å². The van der Waals surface area contributed by atoms with Crippen LogP contribution in [0.2, 0.25) is 0 Å². The summed E-state index contributed by atoms with van der Waals surface area (Å²) in [6.07, 6.45) is -0.303. The largest absolute Gasteiger partial charge is 0.489 e. The van der Waals surface area contributed by atoms with Gasteiger partial charge in [-0.05, 0) is 6.42 Å². The Kier molecular flexibility index (Phi) is 5.14. The van der Waals surface area contributed by atoms with Gasteiger partial charge in [-0.3, -0.25) is 4.52 Å². The van der Waals surface area contributed by atoms with Crippen molar-refractivity contribution in [3.8, 4) is 0 Å². The molecule has 8 heteroatoms. The highest BCUT2D eigenvalue weighted by atomic mass is 31.2. The molecule has 0 aromatic heterocycles. The zero-order chi connectivity index (χ0) is 11.3. The molecule has 1 rings (SSSR count). The van der Waals surface area contributed by atoms with Crippen LogP contribution in [0.1, 0.15) is 13.3 Å². The minimum atomic E-state index is -4.08. The van der Waals surface area contributed by atoms with Gasteiger partial charge in [-0.15, -0.1) is 5.06 Å². The van der Waals surface area contributed by atoms with Crippen molar-refractivity contribution < 1.29 is 23.7 Å². The van der Waals surface area contributed by atoms with Crippen molar-refractivity contribution >= 4 is 7.82 Å². The maximum atomic E-state index is 11.3. The monoisotopic (exact) mass is 240 g/mol. The predicted molar refractivity (Wildman–Crippen MR) is 52.7 cm³/mol. The number of nitrogens with one attached hydrogen (secondary N) is 1. The van der Waals surface area contributed by atoms with Gasteiger partial charge in [0.05, 0.1) is 6.61 Å². The number of phosphoric acid groups is 1. The molecule has 0 spiro atoms. The molecule has 7 nitrogen and oxygen atoms in total. The lowest BCUT2D eigenvalue weighted by Crippen LogP contribution is -2.50. The molecule has 0 aromatic carbocycles. The third kappa shape index (κ3) is 4.56. The summed E-state index contributed by atoms with van der Waals surface area (Å²) in [6, 6.07) is 0. The van der Waals surface area contributed by atoms with Crippen molar-refractivity contribution in [1.29, 1.82) is 0 Å². The molecule has 0 aliphatic carbocycles. The minimum Gasteiger partial charge on any atom is -0.375 e. The van der Waals surface area contributed by atoms with E-state index in [4.69, 9.17) is 4.62 Å². The first kappa shape index (κ1) is 13.1. The van der Waals surface area contributed by atoms with Crippen LogP contribution in [0.25, 0.3) is 0 Å². The average Bonchev–Trinajstić information content (AvgIpc) is 2.18. The summed E-state index contributed by atoms with van der Waals surface area (Å²) in [4.78, 5) is 9.25. The Labute approximate surface area is 88.6 Å². The number of piperazine rings is 1. The fourth-order valence-corrected chi connectivity index (χ4v) is 2.05. The van der Waals surface area contributed by atoms with Crippen molar-refractivity contribution in [2.45, 2.75) is 19.6 Å². The molecular weight excluding hydrogens is 223 g/mol. The van der Waals surface area contributed by atoms with Gasteiger partial charge in [0.2, 0.25) is 0 Å². The first-order chi connectivity index (χ1) is 7.05. The van der Waals surface area contributed by atoms with Crippen molar-refractivity contribution in [1.82, 2.24) is 10.4 Å². The molecule has 1 heterocycles. The molecule has 0 amide bonds.